The van der Waals surface area contributed by atoms with Crippen molar-refractivity contribution in [2.45, 2.75) is 77.8 Å². The number of hydrogen-bond acceptors (Lipinski definition) is 3. The molecule has 0 rings (SSSR count). The Morgan fingerprint density at radius 2 is 1.40 bits per heavy atom. The standard InChI is InChI=1S/C17H39N3/c1-6-7-8-9-10-11-12-13-17(18-4,19-5)15-20-14-16(2)3/h16,18-20H,6-15H2,1-5H3. The minimum Gasteiger partial charge on any atom is -0.313 e. The fraction of sp³-hybridized carbons (Fsp3) is 1.00. The van der Waals surface area contributed by atoms with E-state index in [9.17, 15) is 0 Å². The molecule has 0 fully saturated rings. The molecule has 0 saturated carbocycles. The van der Waals surface area contributed by atoms with Crippen molar-refractivity contribution in [2.24, 2.45) is 5.92 Å². The minimum atomic E-state index is 0.0539. The van der Waals surface area contributed by atoms with Crippen LogP contribution in [0.15, 0.2) is 0 Å². The van der Waals surface area contributed by atoms with E-state index in [1.165, 1.54) is 51.4 Å². The molecule has 0 bridgehead atoms. The molecule has 0 radical (unpaired) electrons. The number of nitrogens with one attached hydrogen (secondary N) is 3. The van der Waals surface area contributed by atoms with Gasteiger partial charge in [0.2, 0.25) is 0 Å². The van der Waals surface area contributed by atoms with E-state index in [-0.39, 0.29) is 5.66 Å². The van der Waals surface area contributed by atoms with E-state index >= 15 is 0 Å². The van der Waals surface area contributed by atoms with Gasteiger partial charge in [-0.3, -0.25) is 0 Å². The van der Waals surface area contributed by atoms with Gasteiger partial charge in [0.15, 0.2) is 0 Å². The summed E-state index contributed by atoms with van der Waals surface area (Å²) < 4.78 is 0. The number of rotatable bonds is 14. The first kappa shape index (κ1) is 19.9. The molecule has 0 heterocycles. The summed E-state index contributed by atoms with van der Waals surface area (Å²) in [7, 11) is 4.13. The van der Waals surface area contributed by atoms with E-state index in [2.05, 4.69) is 50.8 Å². The smallest absolute Gasteiger partial charge is 0.0810 e. The van der Waals surface area contributed by atoms with Gasteiger partial charge in [-0.25, -0.2) is 0 Å². The van der Waals surface area contributed by atoms with Crippen molar-refractivity contribution in [1.29, 1.82) is 0 Å². The van der Waals surface area contributed by atoms with Crippen molar-refractivity contribution < 1.29 is 0 Å². The van der Waals surface area contributed by atoms with Crippen LogP contribution < -0.4 is 16.0 Å². The molecular weight excluding hydrogens is 246 g/mol. The average Bonchev–Trinajstić information content (AvgIpc) is 2.44. The SMILES string of the molecule is CCCCCCCCCC(CNCC(C)C)(NC)NC. The second kappa shape index (κ2) is 12.6. The van der Waals surface area contributed by atoms with Crippen LogP contribution in [-0.4, -0.2) is 32.8 Å². The zero-order chi connectivity index (χ0) is 15.3. The first-order chi connectivity index (χ1) is 9.60. The molecule has 0 saturated heterocycles. The molecule has 122 valence electrons. The van der Waals surface area contributed by atoms with Gasteiger partial charge in [0, 0.05) is 6.54 Å². The van der Waals surface area contributed by atoms with E-state index in [0.29, 0.717) is 5.92 Å². The summed E-state index contributed by atoms with van der Waals surface area (Å²) in [4.78, 5) is 0. The highest BCUT2D eigenvalue weighted by Gasteiger charge is 2.24. The Bertz CT molecular complexity index is 200. The van der Waals surface area contributed by atoms with Crippen LogP contribution in [0, 0.1) is 5.92 Å². The molecule has 0 atom stereocenters. The summed E-state index contributed by atoms with van der Waals surface area (Å²) in [5, 5.41) is 10.5. The van der Waals surface area contributed by atoms with Crippen LogP contribution in [0.4, 0.5) is 0 Å². The molecule has 0 amide bonds. The van der Waals surface area contributed by atoms with Gasteiger partial charge in [-0.2, -0.15) is 0 Å². The van der Waals surface area contributed by atoms with Gasteiger partial charge in [0.05, 0.1) is 5.66 Å². The molecule has 0 aliphatic carbocycles. The zero-order valence-corrected chi connectivity index (χ0v) is 14.6. The van der Waals surface area contributed by atoms with E-state index in [1.54, 1.807) is 0 Å². The highest BCUT2D eigenvalue weighted by molar-refractivity contribution is 4.85. The molecule has 20 heavy (non-hydrogen) atoms. The molecule has 0 aromatic heterocycles. The summed E-state index contributed by atoms with van der Waals surface area (Å²) in [5.74, 6) is 0.708. The van der Waals surface area contributed by atoms with Gasteiger partial charge in [0.25, 0.3) is 0 Å². The predicted octanol–water partition coefficient (Wildman–Crippen LogP) is 3.51. The Morgan fingerprint density at radius 1 is 0.850 bits per heavy atom. The summed E-state index contributed by atoms with van der Waals surface area (Å²) >= 11 is 0. The van der Waals surface area contributed by atoms with Crippen LogP contribution in [0.5, 0.6) is 0 Å². The third-order valence-electron chi connectivity index (χ3n) is 4.14. The van der Waals surface area contributed by atoms with Gasteiger partial charge in [-0.05, 0) is 33.0 Å². The summed E-state index contributed by atoms with van der Waals surface area (Å²) in [6, 6.07) is 0. The zero-order valence-electron chi connectivity index (χ0n) is 14.6. The van der Waals surface area contributed by atoms with Crippen molar-refractivity contribution in [3.63, 3.8) is 0 Å². The number of unbranched alkanes of at least 4 members (excludes halogenated alkanes) is 6. The van der Waals surface area contributed by atoms with Gasteiger partial charge in [-0.1, -0.05) is 65.7 Å². The van der Waals surface area contributed by atoms with Crippen LogP contribution in [0.2, 0.25) is 0 Å². The second-order valence-corrected chi connectivity index (χ2v) is 6.48. The Balaban J connectivity index is 3.82. The first-order valence-electron chi connectivity index (χ1n) is 8.68. The fourth-order valence-corrected chi connectivity index (χ4v) is 2.60. The summed E-state index contributed by atoms with van der Waals surface area (Å²) in [6.07, 6.45) is 10.8. The molecule has 0 aliphatic rings. The predicted molar refractivity (Wildman–Crippen MR) is 91.2 cm³/mol. The van der Waals surface area contributed by atoms with Gasteiger partial charge in [-0.15, -0.1) is 0 Å². The molecular formula is C17H39N3. The molecule has 0 unspecified atom stereocenters. The number of hydrogen-bond donors (Lipinski definition) is 3. The van der Waals surface area contributed by atoms with E-state index in [1.807, 2.05) is 0 Å². The van der Waals surface area contributed by atoms with Gasteiger partial charge >= 0.3 is 0 Å². The van der Waals surface area contributed by atoms with Crippen LogP contribution in [-0.2, 0) is 0 Å². The van der Waals surface area contributed by atoms with Crippen molar-refractivity contribution in [1.82, 2.24) is 16.0 Å². The molecule has 3 N–H and O–H groups in total. The maximum Gasteiger partial charge on any atom is 0.0810 e. The quantitative estimate of drug-likeness (QED) is 0.338. The molecule has 0 spiro atoms. The van der Waals surface area contributed by atoms with E-state index < -0.39 is 0 Å². The third-order valence-corrected chi connectivity index (χ3v) is 4.14. The highest BCUT2D eigenvalue weighted by Crippen LogP contribution is 2.14. The molecule has 3 nitrogen and oxygen atoms in total. The van der Waals surface area contributed by atoms with Crippen molar-refractivity contribution >= 4 is 0 Å². The van der Waals surface area contributed by atoms with Gasteiger partial charge < -0.3 is 16.0 Å². The Morgan fingerprint density at radius 3 is 1.90 bits per heavy atom. The van der Waals surface area contributed by atoms with Crippen LogP contribution in [0.1, 0.15) is 72.1 Å². The molecule has 0 aliphatic heterocycles. The van der Waals surface area contributed by atoms with Crippen LogP contribution in [0.3, 0.4) is 0 Å². The summed E-state index contributed by atoms with van der Waals surface area (Å²) in [5.41, 5.74) is 0.0539. The van der Waals surface area contributed by atoms with Crippen molar-refractivity contribution in [3.05, 3.63) is 0 Å². The maximum absolute atomic E-state index is 3.57. The molecule has 0 aromatic rings. The summed E-state index contributed by atoms with van der Waals surface area (Å²) in [6.45, 7) is 8.86. The van der Waals surface area contributed by atoms with Crippen LogP contribution in [0.25, 0.3) is 0 Å². The molecule has 3 heteroatoms. The van der Waals surface area contributed by atoms with Crippen LogP contribution >= 0.6 is 0 Å². The largest absolute Gasteiger partial charge is 0.313 e. The highest BCUT2D eigenvalue weighted by atomic mass is 15.2. The van der Waals surface area contributed by atoms with E-state index in [4.69, 9.17) is 0 Å². The Kier molecular flexibility index (Phi) is 12.5. The Labute approximate surface area is 127 Å². The lowest BCUT2D eigenvalue weighted by atomic mass is 10.00. The van der Waals surface area contributed by atoms with E-state index in [0.717, 1.165) is 13.1 Å². The van der Waals surface area contributed by atoms with Crippen molar-refractivity contribution in [3.8, 4) is 0 Å². The lowest BCUT2D eigenvalue weighted by Gasteiger charge is -2.34. The van der Waals surface area contributed by atoms with Gasteiger partial charge in [0.1, 0.15) is 0 Å². The average molecular weight is 286 g/mol. The van der Waals surface area contributed by atoms with Crippen molar-refractivity contribution in [2.75, 3.05) is 27.2 Å². The molecule has 0 aromatic carbocycles. The minimum absolute atomic E-state index is 0.0539. The lowest BCUT2D eigenvalue weighted by molar-refractivity contribution is 0.249. The third kappa shape index (κ3) is 9.73. The lowest BCUT2D eigenvalue weighted by Crippen LogP contribution is -2.60. The Hall–Kier alpha value is -0.120. The number of likely N-dealkylation sites (N-methyl/N-ethyl adjacent to an activating group) is 2. The second-order valence-electron chi connectivity index (χ2n) is 6.48. The monoisotopic (exact) mass is 285 g/mol. The maximum atomic E-state index is 3.57. The first-order valence-corrected chi connectivity index (χ1v) is 8.68. The normalized spacial score (nSPS) is 12.3. The fourth-order valence-electron chi connectivity index (χ4n) is 2.60. The topological polar surface area (TPSA) is 36.1 Å².